The Morgan fingerprint density at radius 1 is 1.30 bits per heavy atom. The maximum Gasteiger partial charge on any atom is 0.354 e. The molecule has 1 heterocycles. The number of thioether (sulfide) groups is 1. The van der Waals surface area contributed by atoms with Crippen molar-refractivity contribution in [1.82, 2.24) is 0 Å². The molecule has 0 amide bonds. The van der Waals surface area contributed by atoms with Gasteiger partial charge < -0.3 is 14.7 Å². The van der Waals surface area contributed by atoms with Gasteiger partial charge in [0.15, 0.2) is 0 Å². The van der Waals surface area contributed by atoms with E-state index in [-0.39, 0.29) is 23.7 Å². The average Bonchev–Trinajstić information content (AvgIpc) is 2.86. The third-order valence-electron chi connectivity index (χ3n) is 6.02. The van der Waals surface area contributed by atoms with Crippen LogP contribution in [0.3, 0.4) is 0 Å². The lowest BCUT2D eigenvalue weighted by Crippen LogP contribution is -2.40. The zero-order valence-electron chi connectivity index (χ0n) is 20.2. The summed E-state index contributed by atoms with van der Waals surface area (Å²) in [6.07, 6.45) is -0.175. The van der Waals surface area contributed by atoms with Crippen LogP contribution in [0.1, 0.15) is 26.7 Å². The highest BCUT2D eigenvalue weighted by Gasteiger charge is 2.56. The van der Waals surface area contributed by atoms with Gasteiger partial charge in [0.2, 0.25) is 15.8 Å². The largest absolute Gasteiger partial charge is 0.491 e. The maximum absolute atomic E-state index is 15.6. The highest BCUT2D eigenvalue weighted by Crippen LogP contribution is 2.50. The number of carboxylic acids is 1. The number of aliphatic carboxylic acids is 1. The highest BCUT2D eigenvalue weighted by atomic mass is 32.2. The molecule has 204 valence electrons. The van der Waals surface area contributed by atoms with Crippen LogP contribution in [0.4, 0.5) is 33.3 Å². The Morgan fingerprint density at radius 3 is 2.54 bits per heavy atom. The minimum atomic E-state index is -5.45. The summed E-state index contributed by atoms with van der Waals surface area (Å²) in [5, 5.41) is 4.67. The number of nitrogens with zero attached hydrogens (tertiary/aromatic N) is 1. The molecule has 2 aromatic carbocycles. The topological polar surface area (TPSA) is 83.9 Å². The van der Waals surface area contributed by atoms with E-state index in [9.17, 15) is 26.4 Å². The Morgan fingerprint density at radius 2 is 1.97 bits per heavy atom. The summed E-state index contributed by atoms with van der Waals surface area (Å²) < 4.78 is 105. The number of sulfone groups is 1. The van der Waals surface area contributed by atoms with E-state index in [1.165, 1.54) is 30.0 Å². The number of ether oxygens (including phenoxy) is 1. The Bertz CT molecular complexity index is 1270. The fourth-order valence-electron chi connectivity index (χ4n) is 3.88. The predicted octanol–water partition coefficient (Wildman–Crippen LogP) is 6.22. The lowest BCUT2D eigenvalue weighted by Gasteiger charge is -2.30. The molecule has 0 aromatic heterocycles. The molecule has 0 fully saturated rings. The van der Waals surface area contributed by atoms with E-state index < -0.39 is 68.9 Å². The Kier molecular flexibility index (Phi) is 8.38. The number of rotatable bonds is 9. The van der Waals surface area contributed by atoms with Gasteiger partial charge in [-0.1, -0.05) is 6.07 Å². The SMILES string of the molecule is CSc1cc2c(cc1OC[C@@H](C)C(=O)O)S(=O)(=O)C(F)(F)[C@H](CCC(C)(F)F)CN2c1cccc(F)c1. The van der Waals surface area contributed by atoms with Crippen LogP contribution < -0.4 is 9.64 Å². The molecule has 0 saturated carbocycles. The number of hydrogen-bond donors (Lipinski definition) is 1. The van der Waals surface area contributed by atoms with E-state index in [4.69, 9.17) is 9.84 Å². The number of carboxylic acid groups (broad SMARTS) is 1. The fraction of sp³-hybridized carbons (Fsp3) is 0.458. The molecule has 1 aliphatic rings. The van der Waals surface area contributed by atoms with Crippen molar-refractivity contribution in [2.24, 2.45) is 11.8 Å². The average molecular weight is 568 g/mol. The quantitative estimate of drug-likeness (QED) is 0.285. The summed E-state index contributed by atoms with van der Waals surface area (Å²) in [7, 11) is -5.45. The van der Waals surface area contributed by atoms with Crippen LogP contribution >= 0.6 is 11.8 Å². The van der Waals surface area contributed by atoms with Gasteiger partial charge in [0, 0.05) is 24.7 Å². The number of hydrogen-bond acceptors (Lipinski definition) is 6. The molecule has 1 aliphatic heterocycles. The van der Waals surface area contributed by atoms with Gasteiger partial charge in [0.05, 0.1) is 22.4 Å². The van der Waals surface area contributed by atoms with Crippen LogP contribution in [0.15, 0.2) is 46.2 Å². The molecule has 37 heavy (non-hydrogen) atoms. The first-order chi connectivity index (χ1) is 17.1. The molecule has 0 unspecified atom stereocenters. The summed E-state index contributed by atoms with van der Waals surface area (Å²) in [4.78, 5) is 11.8. The molecular formula is C24H26F5NO5S2. The van der Waals surface area contributed by atoms with Crippen LogP contribution in [0.2, 0.25) is 0 Å². The molecule has 0 aliphatic carbocycles. The monoisotopic (exact) mass is 567 g/mol. The second-order valence-corrected chi connectivity index (χ2v) is 11.8. The van der Waals surface area contributed by atoms with Crippen molar-refractivity contribution in [3.05, 3.63) is 42.2 Å². The third kappa shape index (κ3) is 6.14. The van der Waals surface area contributed by atoms with E-state index in [0.717, 1.165) is 30.0 Å². The minimum absolute atomic E-state index is 0.0580. The van der Waals surface area contributed by atoms with Gasteiger partial charge in [0.1, 0.15) is 23.1 Å². The Hall–Kier alpha value is -2.54. The standard InChI is InChI=1S/C24H26F5NO5S2/c1-14(22(31)32)13-35-19-11-21-18(10-20(19)36-3)30(17-6-4-5-16(25)9-17)12-15(7-8-23(2,26)27)24(28,29)37(21,33)34/h4-6,9-11,14-15H,7-8,12-13H2,1-3H3,(H,31,32)/t14-,15-/m1/s1. The molecule has 2 atom stereocenters. The zero-order chi connectivity index (χ0) is 27.8. The summed E-state index contributed by atoms with van der Waals surface area (Å²) >= 11 is 1.10. The molecule has 1 N–H and O–H groups in total. The van der Waals surface area contributed by atoms with Gasteiger partial charge in [-0.05, 0) is 50.8 Å². The van der Waals surface area contributed by atoms with Crippen LogP contribution in [-0.2, 0) is 14.6 Å². The molecule has 0 saturated heterocycles. The van der Waals surface area contributed by atoms with Crippen LogP contribution in [-0.4, -0.2) is 50.1 Å². The van der Waals surface area contributed by atoms with Gasteiger partial charge in [-0.3, -0.25) is 4.79 Å². The summed E-state index contributed by atoms with van der Waals surface area (Å²) in [6.45, 7) is 0.875. The van der Waals surface area contributed by atoms with E-state index in [0.29, 0.717) is 11.8 Å². The van der Waals surface area contributed by atoms with Crippen molar-refractivity contribution < 1.29 is 45.0 Å². The molecular weight excluding hydrogens is 541 g/mol. The second kappa shape index (κ2) is 10.7. The van der Waals surface area contributed by atoms with Crippen molar-refractivity contribution in [2.75, 3.05) is 24.3 Å². The first-order valence-electron chi connectivity index (χ1n) is 11.2. The predicted molar refractivity (Wildman–Crippen MR) is 129 cm³/mol. The summed E-state index contributed by atoms with van der Waals surface area (Å²) in [5.74, 6) is -8.34. The van der Waals surface area contributed by atoms with E-state index in [1.807, 2.05) is 0 Å². The number of carbonyl (C=O) groups is 1. The lowest BCUT2D eigenvalue weighted by atomic mass is 9.99. The highest BCUT2D eigenvalue weighted by molar-refractivity contribution is 7.98. The molecule has 0 bridgehead atoms. The maximum atomic E-state index is 15.6. The minimum Gasteiger partial charge on any atom is -0.491 e. The Labute approximate surface area is 215 Å². The fourth-order valence-corrected chi connectivity index (χ4v) is 6.06. The molecule has 6 nitrogen and oxygen atoms in total. The number of anilines is 2. The van der Waals surface area contributed by atoms with Gasteiger partial charge in [-0.2, -0.15) is 8.78 Å². The van der Waals surface area contributed by atoms with Crippen LogP contribution in [0.5, 0.6) is 5.75 Å². The van der Waals surface area contributed by atoms with Crippen molar-refractivity contribution in [3.8, 4) is 5.75 Å². The van der Waals surface area contributed by atoms with Crippen LogP contribution in [0, 0.1) is 17.7 Å². The van der Waals surface area contributed by atoms with E-state index in [1.54, 1.807) is 6.26 Å². The first kappa shape index (κ1) is 29.0. The normalized spacial score (nSPS) is 19.6. The number of alkyl halides is 4. The van der Waals surface area contributed by atoms with Crippen molar-refractivity contribution in [3.63, 3.8) is 0 Å². The van der Waals surface area contributed by atoms with Crippen molar-refractivity contribution in [1.29, 1.82) is 0 Å². The van der Waals surface area contributed by atoms with Gasteiger partial charge in [-0.25, -0.2) is 21.6 Å². The molecule has 13 heteroatoms. The van der Waals surface area contributed by atoms with Gasteiger partial charge in [-0.15, -0.1) is 11.8 Å². The van der Waals surface area contributed by atoms with Gasteiger partial charge >= 0.3 is 11.2 Å². The van der Waals surface area contributed by atoms with Crippen molar-refractivity contribution in [2.45, 2.75) is 47.7 Å². The number of benzene rings is 2. The van der Waals surface area contributed by atoms with E-state index >= 15 is 8.78 Å². The number of fused-ring (bicyclic) bond motifs is 1. The third-order valence-corrected chi connectivity index (χ3v) is 8.74. The second-order valence-electron chi connectivity index (χ2n) is 8.98. The van der Waals surface area contributed by atoms with Gasteiger partial charge in [0.25, 0.3) is 0 Å². The van der Waals surface area contributed by atoms with Crippen LogP contribution in [0.25, 0.3) is 0 Å². The van der Waals surface area contributed by atoms with Crippen molar-refractivity contribution >= 4 is 38.9 Å². The molecule has 3 rings (SSSR count). The molecule has 0 spiro atoms. The lowest BCUT2D eigenvalue weighted by molar-refractivity contribution is -0.142. The Balaban J connectivity index is 2.23. The molecule has 0 radical (unpaired) electrons. The first-order valence-corrected chi connectivity index (χ1v) is 13.9. The number of halogens is 5. The smallest absolute Gasteiger partial charge is 0.354 e. The summed E-state index contributed by atoms with van der Waals surface area (Å²) in [5.41, 5.74) is -0.137. The zero-order valence-corrected chi connectivity index (χ0v) is 21.8. The summed E-state index contributed by atoms with van der Waals surface area (Å²) in [6, 6.07) is 7.04. The van der Waals surface area contributed by atoms with E-state index in [2.05, 4.69) is 0 Å². The molecule has 2 aromatic rings.